The van der Waals surface area contributed by atoms with Crippen molar-refractivity contribution in [3.63, 3.8) is 0 Å². The van der Waals surface area contributed by atoms with Crippen LogP contribution in [0.25, 0.3) is 16.0 Å². The van der Waals surface area contributed by atoms with Gasteiger partial charge in [0, 0.05) is 5.69 Å². The van der Waals surface area contributed by atoms with Crippen molar-refractivity contribution in [3.8, 4) is 5.82 Å². The maximum atomic E-state index is 6.32. The summed E-state index contributed by atoms with van der Waals surface area (Å²) in [5.74, 6) is 3.02. The molecule has 0 aliphatic heterocycles. The predicted octanol–water partition coefficient (Wildman–Crippen LogP) is 5.22. The lowest BCUT2D eigenvalue weighted by molar-refractivity contribution is 0.227. The average molecular weight is 510 g/mol. The molecule has 4 aromatic rings. The van der Waals surface area contributed by atoms with E-state index in [1.807, 2.05) is 12.3 Å². The molecule has 4 heterocycles. The quantitative estimate of drug-likeness (QED) is 0.319. The van der Waals surface area contributed by atoms with Crippen LogP contribution in [0.2, 0.25) is 5.28 Å². The zero-order valence-corrected chi connectivity index (χ0v) is 21.2. The number of anilines is 4. The predicted molar refractivity (Wildman–Crippen MR) is 141 cm³/mol. The van der Waals surface area contributed by atoms with Crippen molar-refractivity contribution in [2.24, 2.45) is 11.8 Å². The molecule has 2 aliphatic rings. The zero-order valence-electron chi connectivity index (χ0n) is 19.6. The van der Waals surface area contributed by atoms with Crippen LogP contribution >= 0.6 is 22.9 Å². The molecule has 35 heavy (non-hydrogen) atoms. The van der Waals surface area contributed by atoms with Crippen molar-refractivity contribution in [3.05, 3.63) is 33.6 Å². The Labute approximate surface area is 212 Å². The van der Waals surface area contributed by atoms with Gasteiger partial charge in [-0.2, -0.15) is 14.6 Å². The summed E-state index contributed by atoms with van der Waals surface area (Å²) in [6.45, 7) is 1.98. The van der Waals surface area contributed by atoms with Crippen molar-refractivity contribution in [1.82, 2.24) is 29.7 Å². The first kappa shape index (κ1) is 22.5. The molecule has 1 unspecified atom stereocenters. The number of rotatable bonds is 4. The largest absolute Gasteiger partial charge is 0.382 e. The second kappa shape index (κ2) is 8.91. The molecule has 0 spiro atoms. The van der Waals surface area contributed by atoms with Crippen molar-refractivity contribution in [2.75, 3.05) is 16.8 Å². The minimum atomic E-state index is 0.133. The van der Waals surface area contributed by atoms with Crippen molar-refractivity contribution in [1.29, 1.82) is 0 Å². The highest BCUT2D eigenvalue weighted by Crippen LogP contribution is 2.39. The third-order valence-electron chi connectivity index (χ3n) is 7.40. The van der Waals surface area contributed by atoms with Gasteiger partial charge in [0.15, 0.2) is 5.82 Å². The van der Waals surface area contributed by atoms with Gasteiger partial charge in [0.2, 0.25) is 17.2 Å². The minimum absolute atomic E-state index is 0.133. The molecule has 0 saturated heterocycles. The van der Waals surface area contributed by atoms with Crippen molar-refractivity contribution < 1.29 is 0 Å². The second-order valence-corrected chi connectivity index (χ2v) is 10.9. The Morgan fingerprint density at radius 2 is 1.89 bits per heavy atom. The number of pyridine rings is 1. The molecule has 0 bridgehead atoms. The molecule has 5 N–H and O–H groups in total. The number of halogens is 1. The Kier molecular flexibility index (Phi) is 5.72. The van der Waals surface area contributed by atoms with E-state index in [1.165, 1.54) is 60.1 Å². The van der Waals surface area contributed by atoms with E-state index in [4.69, 9.17) is 28.1 Å². The van der Waals surface area contributed by atoms with E-state index < -0.39 is 0 Å². The van der Waals surface area contributed by atoms with Crippen LogP contribution in [0, 0.1) is 18.8 Å². The summed E-state index contributed by atoms with van der Waals surface area (Å²) in [5.41, 5.74) is 17.4. The molecule has 0 amide bonds. The van der Waals surface area contributed by atoms with Gasteiger partial charge in [-0.15, -0.1) is 16.4 Å². The molecule has 4 aromatic heterocycles. The first-order chi connectivity index (χ1) is 17.0. The normalized spacial score (nSPS) is 18.6. The Bertz CT molecular complexity index is 1410. The highest BCUT2D eigenvalue weighted by Gasteiger charge is 2.29. The second-order valence-electron chi connectivity index (χ2n) is 9.67. The highest BCUT2D eigenvalue weighted by atomic mass is 35.5. The molecule has 9 nitrogen and oxygen atoms in total. The lowest BCUT2D eigenvalue weighted by Crippen LogP contribution is -2.25. The fraction of sp³-hybridized carbons (Fsp3) is 0.458. The van der Waals surface area contributed by atoms with Crippen molar-refractivity contribution in [2.45, 2.75) is 58.3 Å². The number of thiophene rings is 1. The summed E-state index contributed by atoms with van der Waals surface area (Å²) < 4.78 is 2.33. The van der Waals surface area contributed by atoms with Crippen LogP contribution in [-0.2, 0) is 12.8 Å². The van der Waals surface area contributed by atoms with Gasteiger partial charge in [-0.25, -0.2) is 9.97 Å². The van der Waals surface area contributed by atoms with Gasteiger partial charge in [0.25, 0.3) is 0 Å². The molecule has 0 radical (unpaired) electrons. The Hall–Kier alpha value is -2.98. The molecule has 2 aliphatic carbocycles. The minimum Gasteiger partial charge on any atom is -0.382 e. The van der Waals surface area contributed by atoms with Gasteiger partial charge in [0.1, 0.15) is 5.82 Å². The van der Waals surface area contributed by atoms with E-state index in [1.54, 1.807) is 0 Å². The van der Waals surface area contributed by atoms with E-state index in [0.29, 0.717) is 23.3 Å². The number of nitrogens with two attached hydrogens (primary N) is 2. The molecular weight excluding hydrogens is 482 g/mol. The first-order valence-electron chi connectivity index (χ1n) is 12.2. The summed E-state index contributed by atoms with van der Waals surface area (Å²) in [7, 11) is 0. The number of aryl methyl sites for hydroxylation is 2. The summed E-state index contributed by atoms with van der Waals surface area (Å²) in [6.07, 6.45) is 10.1. The molecular formula is C24H28ClN9S. The maximum absolute atomic E-state index is 6.32. The topological polar surface area (TPSA) is 133 Å². The standard InChI is InChI=1S/C24H28ClN9S/c1-12-11-35-19-18(12)30-22(25)31-21(19)34-23(27)32-24(33-34)29-17-10-15-9-14(13-5-3-2-4-6-13)7-8-16(15)28-20(17)26/h10-11,13-14H,2-9H2,1H3,(H2,26,28)(H3,27,29,32,33). The summed E-state index contributed by atoms with van der Waals surface area (Å²) in [4.78, 5) is 17.8. The Morgan fingerprint density at radius 3 is 2.71 bits per heavy atom. The molecule has 1 saturated carbocycles. The number of fused-ring (bicyclic) bond motifs is 2. The van der Waals surface area contributed by atoms with Gasteiger partial charge < -0.3 is 16.8 Å². The third-order valence-corrected chi connectivity index (χ3v) is 8.65. The number of hydrogen-bond acceptors (Lipinski definition) is 9. The number of hydrogen-bond donors (Lipinski definition) is 3. The van der Waals surface area contributed by atoms with Gasteiger partial charge in [0.05, 0.1) is 15.9 Å². The molecule has 1 fully saturated rings. The smallest absolute Gasteiger partial charge is 0.249 e. The SMILES string of the molecule is Cc1csc2c(-n3nc(Nc4cc5c(nc4N)CCC(C4CCCCC4)C5)nc3N)nc(Cl)nc12. The molecule has 1 atom stereocenters. The number of nitrogens with zero attached hydrogens (tertiary/aromatic N) is 6. The lowest BCUT2D eigenvalue weighted by Gasteiger charge is -2.33. The zero-order chi connectivity index (χ0) is 24.1. The number of nitrogen functional groups attached to an aromatic ring is 2. The maximum Gasteiger partial charge on any atom is 0.249 e. The van der Waals surface area contributed by atoms with Crippen molar-refractivity contribution >= 4 is 56.6 Å². The van der Waals surface area contributed by atoms with Crippen LogP contribution in [0.15, 0.2) is 11.4 Å². The molecule has 11 heteroatoms. The average Bonchev–Trinajstić information content (AvgIpc) is 3.41. The van der Waals surface area contributed by atoms with Gasteiger partial charge >= 0.3 is 0 Å². The van der Waals surface area contributed by atoms with E-state index in [9.17, 15) is 0 Å². The molecule has 182 valence electrons. The summed E-state index contributed by atoms with van der Waals surface area (Å²) in [6, 6.07) is 2.12. The van der Waals surface area contributed by atoms with Crippen LogP contribution in [0.1, 0.15) is 55.3 Å². The van der Waals surface area contributed by atoms with Gasteiger partial charge in [-0.05, 0) is 72.2 Å². The van der Waals surface area contributed by atoms with Crippen LogP contribution in [-0.4, -0.2) is 29.7 Å². The summed E-state index contributed by atoms with van der Waals surface area (Å²) in [5, 5.41) is 9.93. The van der Waals surface area contributed by atoms with E-state index in [2.05, 4.69) is 31.4 Å². The fourth-order valence-electron chi connectivity index (χ4n) is 5.60. The van der Waals surface area contributed by atoms with E-state index in [0.717, 1.165) is 46.2 Å². The van der Waals surface area contributed by atoms with Crippen LogP contribution in [0.5, 0.6) is 0 Å². The summed E-state index contributed by atoms with van der Waals surface area (Å²) >= 11 is 7.70. The molecule has 6 rings (SSSR count). The van der Waals surface area contributed by atoms with E-state index >= 15 is 0 Å². The number of nitrogens with one attached hydrogen (secondary N) is 1. The number of aromatic nitrogens is 6. The van der Waals surface area contributed by atoms with Crippen LogP contribution in [0.3, 0.4) is 0 Å². The monoisotopic (exact) mass is 509 g/mol. The van der Waals surface area contributed by atoms with Gasteiger partial charge in [-0.1, -0.05) is 32.1 Å². The Morgan fingerprint density at radius 1 is 1.06 bits per heavy atom. The van der Waals surface area contributed by atoms with Gasteiger partial charge in [-0.3, -0.25) is 0 Å². The lowest BCUT2D eigenvalue weighted by atomic mass is 9.72. The van der Waals surface area contributed by atoms with E-state index in [-0.39, 0.29) is 11.2 Å². The molecule has 0 aromatic carbocycles. The third kappa shape index (κ3) is 4.18. The first-order valence-corrected chi connectivity index (χ1v) is 13.4. The van der Waals surface area contributed by atoms with Crippen LogP contribution in [0.4, 0.5) is 23.4 Å². The fourth-order valence-corrected chi connectivity index (χ4v) is 6.73. The highest BCUT2D eigenvalue weighted by molar-refractivity contribution is 7.17. The van der Waals surface area contributed by atoms with Crippen LogP contribution < -0.4 is 16.8 Å². The Balaban J connectivity index is 1.29.